The summed E-state index contributed by atoms with van der Waals surface area (Å²) in [5.74, 6) is 0.0675. The zero-order chi connectivity index (χ0) is 18.7. The first-order valence-electron chi connectivity index (χ1n) is 7.39. The minimum atomic E-state index is -0.509. The number of nitrogens with one attached hydrogen (secondary N) is 1. The van der Waals surface area contributed by atoms with E-state index in [9.17, 15) is 10.1 Å². The molecule has 0 saturated heterocycles. The Morgan fingerprint density at radius 3 is 2.35 bits per heavy atom. The van der Waals surface area contributed by atoms with Crippen LogP contribution in [0.1, 0.15) is 5.56 Å². The first kappa shape index (κ1) is 18.4. The second-order valence-electron chi connectivity index (χ2n) is 5.33. The minimum absolute atomic E-state index is 0.0675. The van der Waals surface area contributed by atoms with Gasteiger partial charge in [-0.1, -0.05) is 52.7 Å². The number of hydrogen-bond acceptors (Lipinski definition) is 6. The van der Waals surface area contributed by atoms with Crippen molar-refractivity contribution in [2.75, 3.05) is 5.32 Å². The van der Waals surface area contributed by atoms with E-state index in [2.05, 4.69) is 15.3 Å². The molecule has 0 bridgehead atoms. The largest absolute Gasteiger partial charge is 0.343 e. The lowest BCUT2D eigenvalue weighted by molar-refractivity contribution is -0.387. The molecule has 26 heavy (non-hydrogen) atoms. The Morgan fingerprint density at radius 1 is 1.08 bits per heavy atom. The number of halogens is 2. The van der Waals surface area contributed by atoms with Gasteiger partial charge in [-0.15, -0.1) is 0 Å². The van der Waals surface area contributed by atoms with Crippen molar-refractivity contribution in [3.05, 3.63) is 74.5 Å². The van der Waals surface area contributed by atoms with Gasteiger partial charge in [0.15, 0.2) is 5.03 Å². The standard InChI is InChI=1S/C17H12Cl2N4O2S/c1-10-2-4-14(5-3-10)26-17-15(23(24)25)16(20-9-21-17)22-13-7-11(18)6-12(19)8-13/h2-9H,1H3,(H,20,21,22). The third-order valence-corrected chi connectivity index (χ3v) is 4.77. The van der Waals surface area contributed by atoms with Crippen molar-refractivity contribution in [3.8, 4) is 0 Å². The van der Waals surface area contributed by atoms with Crippen LogP contribution in [0, 0.1) is 17.0 Å². The number of aryl methyl sites for hydroxylation is 1. The third kappa shape index (κ3) is 4.43. The van der Waals surface area contributed by atoms with Crippen molar-refractivity contribution in [2.45, 2.75) is 16.8 Å². The van der Waals surface area contributed by atoms with Crippen LogP contribution in [0.25, 0.3) is 0 Å². The van der Waals surface area contributed by atoms with Crippen LogP contribution in [0.15, 0.2) is 58.7 Å². The summed E-state index contributed by atoms with van der Waals surface area (Å²) in [6, 6.07) is 12.4. The molecule has 6 nitrogen and oxygen atoms in total. The third-order valence-electron chi connectivity index (χ3n) is 3.33. The van der Waals surface area contributed by atoms with E-state index in [0.29, 0.717) is 15.7 Å². The zero-order valence-corrected chi connectivity index (χ0v) is 15.8. The number of hydrogen-bond donors (Lipinski definition) is 1. The van der Waals surface area contributed by atoms with E-state index >= 15 is 0 Å². The molecule has 2 aromatic carbocycles. The molecule has 0 fully saturated rings. The molecule has 0 unspecified atom stereocenters. The lowest BCUT2D eigenvalue weighted by Gasteiger charge is -2.09. The summed E-state index contributed by atoms with van der Waals surface area (Å²) in [4.78, 5) is 20.0. The van der Waals surface area contributed by atoms with Gasteiger partial charge in [0.25, 0.3) is 0 Å². The van der Waals surface area contributed by atoms with Gasteiger partial charge in [0.1, 0.15) is 6.33 Å². The molecule has 9 heteroatoms. The van der Waals surface area contributed by atoms with Gasteiger partial charge in [0.05, 0.1) is 4.92 Å². The second kappa shape index (κ2) is 7.90. The fourth-order valence-corrected chi connectivity index (χ4v) is 3.56. The highest BCUT2D eigenvalue weighted by Gasteiger charge is 2.24. The number of aromatic nitrogens is 2. The normalized spacial score (nSPS) is 10.6. The lowest BCUT2D eigenvalue weighted by Crippen LogP contribution is -2.03. The van der Waals surface area contributed by atoms with E-state index in [1.165, 1.54) is 18.1 Å². The predicted molar refractivity (Wildman–Crippen MR) is 104 cm³/mol. The molecule has 1 heterocycles. The molecule has 0 amide bonds. The monoisotopic (exact) mass is 406 g/mol. The maximum atomic E-state index is 11.6. The van der Waals surface area contributed by atoms with Gasteiger partial charge in [-0.05, 0) is 37.3 Å². The molecular weight excluding hydrogens is 395 g/mol. The molecule has 0 aliphatic heterocycles. The summed E-state index contributed by atoms with van der Waals surface area (Å²) in [6.07, 6.45) is 1.28. The average molecular weight is 407 g/mol. The molecule has 0 atom stereocenters. The van der Waals surface area contributed by atoms with E-state index < -0.39 is 4.92 Å². The van der Waals surface area contributed by atoms with Crippen LogP contribution < -0.4 is 5.32 Å². The summed E-state index contributed by atoms with van der Waals surface area (Å²) in [6.45, 7) is 1.97. The van der Waals surface area contributed by atoms with Crippen molar-refractivity contribution < 1.29 is 4.92 Å². The molecule has 0 saturated carbocycles. The second-order valence-corrected chi connectivity index (χ2v) is 7.27. The van der Waals surface area contributed by atoms with Crippen LogP contribution in [-0.2, 0) is 0 Å². The molecule has 132 valence electrons. The van der Waals surface area contributed by atoms with Gasteiger partial charge in [-0.25, -0.2) is 9.97 Å². The molecule has 0 radical (unpaired) electrons. The van der Waals surface area contributed by atoms with Gasteiger partial charge < -0.3 is 5.32 Å². The maximum absolute atomic E-state index is 11.6. The summed E-state index contributed by atoms with van der Waals surface area (Å²) < 4.78 is 0. The van der Waals surface area contributed by atoms with Gasteiger partial charge in [-0.3, -0.25) is 10.1 Å². The van der Waals surface area contributed by atoms with Crippen LogP contribution in [0.2, 0.25) is 10.0 Å². The Morgan fingerprint density at radius 2 is 1.73 bits per heavy atom. The average Bonchev–Trinajstić information content (AvgIpc) is 2.56. The molecule has 0 spiro atoms. The first-order chi connectivity index (χ1) is 12.4. The molecule has 3 aromatic rings. The van der Waals surface area contributed by atoms with Crippen molar-refractivity contribution in [2.24, 2.45) is 0 Å². The number of nitro groups is 1. The Balaban J connectivity index is 1.98. The number of rotatable bonds is 5. The van der Waals surface area contributed by atoms with E-state index in [-0.39, 0.29) is 16.5 Å². The fraction of sp³-hybridized carbons (Fsp3) is 0.0588. The Kier molecular flexibility index (Phi) is 5.61. The quantitative estimate of drug-likeness (QED) is 0.322. The number of nitrogens with zero attached hydrogens (tertiary/aromatic N) is 3. The zero-order valence-electron chi connectivity index (χ0n) is 13.4. The first-order valence-corrected chi connectivity index (χ1v) is 8.96. The summed E-state index contributed by atoms with van der Waals surface area (Å²) in [5, 5.41) is 15.6. The van der Waals surface area contributed by atoms with Gasteiger partial charge in [-0.2, -0.15) is 0 Å². The summed E-state index contributed by atoms with van der Waals surface area (Å²) in [5.41, 5.74) is 1.39. The molecule has 3 rings (SSSR count). The number of anilines is 2. The summed E-state index contributed by atoms with van der Waals surface area (Å²) in [7, 11) is 0. The molecule has 1 aromatic heterocycles. The molecular formula is C17H12Cl2N4O2S. The maximum Gasteiger partial charge on any atom is 0.343 e. The Bertz CT molecular complexity index is 947. The van der Waals surface area contributed by atoms with Crippen molar-refractivity contribution in [3.63, 3.8) is 0 Å². The summed E-state index contributed by atoms with van der Waals surface area (Å²) >= 11 is 13.1. The molecule has 0 aliphatic carbocycles. The highest BCUT2D eigenvalue weighted by molar-refractivity contribution is 7.99. The molecule has 0 aliphatic rings. The number of benzene rings is 2. The van der Waals surface area contributed by atoms with E-state index in [1.807, 2.05) is 31.2 Å². The van der Waals surface area contributed by atoms with Crippen LogP contribution in [0.4, 0.5) is 17.2 Å². The fourth-order valence-electron chi connectivity index (χ4n) is 2.17. The van der Waals surface area contributed by atoms with Crippen molar-refractivity contribution in [1.29, 1.82) is 0 Å². The minimum Gasteiger partial charge on any atom is -0.334 e. The highest BCUT2D eigenvalue weighted by Crippen LogP contribution is 2.38. The van der Waals surface area contributed by atoms with Gasteiger partial charge >= 0.3 is 5.69 Å². The Labute approximate surface area is 163 Å². The van der Waals surface area contributed by atoms with E-state index in [1.54, 1.807) is 18.2 Å². The van der Waals surface area contributed by atoms with Crippen LogP contribution >= 0.6 is 35.0 Å². The van der Waals surface area contributed by atoms with Crippen LogP contribution in [0.3, 0.4) is 0 Å². The highest BCUT2D eigenvalue weighted by atomic mass is 35.5. The van der Waals surface area contributed by atoms with Gasteiger partial charge in [0.2, 0.25) is 5.82 Å². The lowest BCUT2D eigenvalue weighted by atomic mass is 10.2. The van der Waals surface area contributed by atoms with Crippen LogP contribution in [-0.4, -0.2) is 14.9 Å². The van der Waals surface area contributed by atoms with E-state index in [0.717, 1.165) is 10.5 Å². The SMILES string of the molecule is Cc1ccc(Sc2ncnc(Nc3cc(Cl)cc(Cl)c3)c2[N+](=O)[O-])cc1. The van der Waals surface area contributed by atoms with Crippen LogP contribution in [0.5, 0.6) is 0 Å². The predicted octanol–water partition coefficient (Wildman–Crippen LogP) is 5.89. The van der Waals surface area contributed by atoms with Crippen molar-refractivity contribution >= 4 is 52.2 Å². The Hall–Kier alpha value is -2.35. The van der Waals surface area contributed by atoms with Crippen molar-refractivity contribution in [1.82, 2.24) is 9.97 Å². The smallest absolute Gasteiger partial charge is 0.334 e. The topological polar surface area (TPSA) is 81.0 Å². The van der Waals surface area contributed by atoms with E-state index in [4.69, 9.17) is 23.2 Å². The van der Waals surface area contributed by atoms with Gasteiger partial charge in [0, 0.05) is 20.6 Å². The molecule has 1 N–H and O–H groups in total.